The van der Waals surface area contributed by atoms with Crippen molar-refractivity contribution >= 4 is 16.6 Å². The summed E-state index contributed by atoms with van der Waals surface area (Å²) in [4.78, 5) is 0. The van der Waals surface area contributed by atoms with Crippen LogP contribution in [0.25, 0.3) is 10.9 Å². The maximum absolute atomic E-state index is 12.9. The number of nitrogens with zero attached hydrogens (tertiary/aromatic N) is 1. The number of aryl methyl sites for hydroxylation is 1. The van der Waals surface area contributed by atoms with Crippen LogP contribution in [-0.2, 0) is 13.2 Å². The van der Waals surface area contributed by atoms with E-state index in [1.807, 2.05) is 18.2 Å². The number of benzene rings is 2. The third kappa shape index (κ3) is 2.57. The highest BCUT2D eigenvalue weighted by atomic mass is 19.1. The molecule has 3 aromatic rings. The molecule has 3 rings (SSSR count). The van der Waals surface area contributed by atoms with Crippen LogP contribution in [0.3, 0.4) is 0 Å². The molecule has 2 N–H and O–H groups in total. The molecule has 0 bridgehead atoms. The molecule has 0 saturated carbocycles. The van der Waals surface area contributed by atoms with E-state index < -0.39 is 0 Å². The number of nitrogens with two attached hydrogens (primary N) is 1. The number of nitrogen functional groups attached to an aromatic ring is 1. The van der Waals surface area contributed by atoms with Gasteiger partial charge < -0.3 is 15.0 Å². The lowest BCUT2D eigenvalue weighted by molar-refractivity contribution is 0.295. The molecule has 0 saturated heterocycles. The molecular weight excluding hydrogens is 267 g/mol. The summed E-state index contributed by atoms with van der Waals surface area (Å²) in [6.45, 7) is 3.32. The lowest BCUT2D eigenvalue weighted by atomic mass is 10.2. The average Bonchev–Trinajstić information content (AvgIpc) is 2.85. The van der Waals surface area contributed by atoms with Crippen molar-refractivity contribution in [2.45, 2.75) is 20.1 Å². The number of ether oxygens (including phenoxy) is 1. The van der Waals surface area contributed by atoms with Crippen molar-refractivity contribution in [2.75, 3.05) is 5.73 Å². The molecule has 0 unspecified atom stereocenters. The van der Waals surface area contributed by atoms with Gasteiger partial charge in [-0.05, 0) is 43.3 Å². The highest BCUT2D eigenvalue weighted by Crippen LogP contribution is 2.26. The van der Waals surface area contributed by atoms with Gasteiger partial charge in [-0.15, -0.1) is 0 Å². The summed E-state index contributed by atoms with van der Waals surface area (Å²) in [5.41, 5.74) is 8.92. The molecule has 0 radical (unpaired) electrons. The van der Waals surface area contributed by atoms with Gasteiger partial charge in [-0.3, -0.25) is 0 Å². The van der Waals surface area contributed by atoms with E-state index in [1.165, 1.54) is 12.1 Å². The van der Waals surface area contributed by atoms with E-state index in [4.69, 9.17) is 10.5 Å². The lowest BCUT2D eigenvalue weighted by Crippen LogP contribution is -2.05. The molecule has 0 atom stereocenters. The third-order valence-corrected chi connectivity index (χ3v) is 3.55. The Labute approximate surface area is 122 Å². The molecule has 0 aliphatic carbocycles. The fourth-order valence-corrected chi connectivity index (χ4v) is 2.58. The van der Waals surface area contributed by atoms with Gasteiger partial charge in [-0.2, -0.15) is 0 Å². The summed E-state index contributed by atoms with van der Waals surface area (Å²) in [6, 6.07) is 14.0. The van der Waals surface area contributed by atoms with Crippen LogP contribution in [0.4, 0.5) is 10.1 Å². The van der Waals surface area contributed by atoms with Crippen molar-refractivity contribution in [3.63, 3.8) is 0 Å². The van der Waals surface area contributed by atoms with Gasteiger partial charge in [0.15, 0.2) is 0 Å². The lowest BCUT2D eigenvalue weighted by Gasteiger charge is -2.10. The molecule has 0 aliphatic heterocycles. The molecule has 1 aromatic heterocycles. The van der Waals surface area contributed by atoms with E-state index in [0.29, 0.717) is 12.4 Å². The summed E-state index contributed by atoms with van der Waals surface area (Å²) < 4.78 is 20.8. The average molecular weight is 284 g/mol. The van der Waals surface area contributed by atoms with Crippen LogP contribution >= 0.6 is 0 Å². The fourth-order valence-electron chi connectivity index (χ4n) is 2.58. The van der Waals surface area contributed by atoms with Crippen molar-refractivity contribution in [3.8, 4) is 5.75 Å². The Balaban J connectivity index is 1.90. The molecule has 0 fully saturated rings. The molecule has 0 aliphatic rings. The molecule has 1 heterocycles. The fraction of sp³-hybridized carbons (Fsp3) is 0.176. The first-order valence-electron chi connectivity index (χ1n) is 6.94. The molecule has 3 nitrogen and oxygen atoms in total. The first kappa shape index (κ1) is 13.5. The van der Waals surface area contributed by atoms with Crippen LogP contribution in [0.15, 0.2) is 48.5 Å². The quantitative estimate of drug-likeness (QED) is 0.737. The summed E-state index contributed by atoms with van der Waals surface area (Å²) in [7, 11) is 0. The number of anilines is 1. The topological polar surface area (TPSA) is 40.2 Å². The van der Waals surface area contributed by atoms with Crippen molar-refractivity contribution in [2.24, 2.45) is 0 Å². The third-order valence-electron chi connectivity index (χ3n) is 3.55. The highest BCUT2D eigenvalue weighted by Gasteiger charge is 2.10. The summed E-state index contributed by atoms with van der Waals surface area (Å²) in [6.07, 6.45) is 0. The maximum Gasteiger partial charge on any atom is 0.128 e. The number of aromatic nitrogens is 1. The van der Waals surface area contributed by atoms with E-state index in [1.54, 1.807) is 12.1 Å². The Morgan fingerprint density at radius 2 is 1.90 bits per heavy atom. The number of hydrogen-bond donors (Lipinski definition) is 1. The summed E-state index contributed by atoms with van der Waals surface area (Å²) in [5.74, 6) is 0.384. The van der Waals surface area contributed by atoms with Gasteiger partial charge in [-0.1, -0.05) is 12.1 Å². The zero-order chi connectivity index (χ0) is 14.8. The standard InChI is InChI=1S/C17H17FN2O/c1-2-20-14(10-12-4-3-5-16(19)17(12)20)11-21-15-8-6-13(18)7-9-15/h3-10H,2,11,19H2,1H3. The normalized spacial score (nSPS) is 11.0. The van der Waals surface area contributed by atoms with Gasteiger partial charge in [0.2, 0.25) is 0 Å². The molecule has 0 amide bonds. The second-order valence-electron chi connectivity index (χ2n) is 4.91. The van der Waals surface area contributed by atoms with E-state index in [0.717, 1.165) is 28.8 Å². The molecule has 4 heteroatoms. The van der Waals surface area contributed by atoms with Gasteiger partial charge in [0.1, 0.15) is 18.2 Å². The van der Waals surface area contributed by atoms with E-state index in [2.05, 4.69) is 17.6 Å². The first-order chi connectivity index (χ1) is 10.2. The molecule has 108 valence electrons. The van der Waals surface area contributed by atoms with Crippen molar-refractivity contribution in [3.05, 3.63) is 60.0 Å². The van der Waals surface area contributed by atoms with Crippen LogP contribution in [0.2, 0.25) is 0 Å². The zero-order valence-corrected chi connectivity index (χ0v) is 11.8. The second-order valence-corrected chi connectivity index (χ2v) is 4.91. The SMILES string of the molecule is CCn1c(COc2ccc(F)cc2)cc2cccc(N)c21. The monoisotopic (exact) mass is 284 g/mol. The minimum absolute atomic E-state index is 0.266. The Kier molecular flexibility index (Phi) is 3.52. The van der Waals surface area contributed by atoms with Gasteiger partial charge in [0.05, 0.1) is 16.9 Å². The molecule has 2 aromatic carbocycles. The van der Waals surface area contributed by atoms with Crippen molar-refractivity contribution in [1.29, 1.82) is 0 Å². The zero-order valence-electron chi connectivity index (χ0n) is 11.8. The predicted molar refractivity (Wildman–Crippen MR) is 82.8 cm³/mol. The van der Waals surface area contributed by atoms with Crippen LogP contribution in [0.5, 0.6) is 5.75 Å². The largest absolute Gasteiger partial charge is 0.487 e. The van der Waals surface area contributed by atoms with Gasteiger partial charge in [0.25, 0.3) is 0 Å². The number of rotatable bonds is 4. The Hall–Kier alpha value is -2.49. The van der Waals surface area contributed by atoms with E-state index in [9.17, 15) is 4.39 Å². The summed E-state index contributed by atoms with van der Waals surface area (Å²) >= 11 is 0. The Morgan fingerprint density at radius 1 is 1.14 bits per heavy atom. The number of hydrogen-bond acceptors (Lipinski definition) is 2. The van der Waals surface area contributed by atoms with Crippen LogP contribution in [0.1, 0.15) is 12.6 Å². The highest BCUT2D eigenvalue weighted by molar-refractivity contribution is 5.91. The number of halogens is 1. The molecule has 21 heavy (non-hydrogen) atoms. The van der Waals surface area contributed by atoms with Gasteiger partial charge >= 0.3 is 0 Å². The number of para-hydroxylation sites is 1. The number of fused-ring (bicyclic) bond motifs is 1. The molecule has 0 spiro atoms. The van der Waals surface area contributed by atoms with Crippen LogP contribution in [-0.4, -0.2) is 4.57 Å². The second kappa shape index (κ2) is 5.48. The van der Waals surface area contributed by atoms with Crippen LogP contribution < -0.4 is 10.5 Å². The van der Waals surface area contributed by atoms with E-state index >= 15 is 0 Å². The maximum atomic E-state index is 12.9. The van der Waals surface area contributed by atoms with Crippen LogP contribution in [0, 0.1) is 5.82 Å². The van der Waals surface area contributed by atoms with E-state index in [-0.39, 0.29) is 5.82 Å². The van der Waals surface area contributed by atoms with Crippen molar-refractivity contribution < 1.29 is 9.13 Å². The minimum atomic E-state index is -0.266. The Morgan fingerprint density at radius 3 is 2.62 bits per heavy atom. The predicted octanol–water partition coefficient (Wildman–Crippen LogP) is 3.96. The van der Waals surface area contributed by atoms with Gasteiger partial charge in [-0.25, -0.2) is 4.39 Å². The first-order valence-corrected chi connectivity index (χ1v) is 6.94. The van der Waals surface area contributed by atoms with Gasteiger partial charge in [0, 0.05) is 11.9 Å². The molecular formula is C17H17FN2O. The summed E-state index contributed by atoms with van der Waals surface area (Å²) in [5, 5.41) is 1.11. The van der Waals surface area contributed by atoms with Crippen molar-refractivity contribution in [1.82, 2.24) is 4.57 Å². The smallest absolute Gasteiger partial charge is 0.128 e. The minimum Gasteiger partial charge on any atom is -0.487 e. The Bertz CT molecular complexity index is 762.